The van der Waals surface area contributed by atoms with Crippen molar-refractivity contribution in [3.05, 3.63) is 44.4 Å². The zero-order valence-electron chi connectivity index (χ0n) is 7.40. The molecule has 2 nitrogen and oxygen atoms in total. The van der Waals surface area contributed by atoms with E-state index in [9.17, 15) is 9.18 Å². The fourth-order valence-electron chi connectivity index (χ4n) is 1.38. The predicted molar refractivity (Wildman–Crippen MR) is 57.0 cm³/mol. The standard InChI is InChI=1S/C10H7BrFNO/c1-5-4-7(12)6-2-3-8(14)13-10(6)9(5)11/h2-4H,1H3,(H,13,14). The summed E-state index contributed by atoms with van der Waals surface area (Å²) in [4.78, 5) is 13.7. The van der Waals surface area contributed by atoms with E-state index in [0.29, 0.717) is 10.9 Å². The third-order valence-corrected chi connectivity index (χ3v) is 3.11. The molecule has 72 valence electrons. The van der Waals surface area contributed by atoms with Gasteiger partial charge < -0.3 is 4.98 Å². The molecule has 0 aliphatic rings. The molecule has 0 saturated heterocycles. The van der Waals surface area contributed by atoms with Crippen molar-refractivity contribution in [2.75, 3.05) is 0 Å². The number of hydrogen-bond acceptors (Lipinski definition) is 1. The van der Waals surface area contributed by atoms with Crippen LogP contribution in [-0.4, -0.2) is 4.98 Å². The molecule has 0 bridgehead atoms. The van der Waals surface area contributed by atoms with Crippen LogP contribution in [0, 0.1) is 12.7 Å². The lowest BCUT2D eigenvalue weighted by atomic mass is 10.1. The second-order valence-electron chi connectivity index (χ2n) is 3.10. The van der Waals surface area contributed by atoms with Crippen LogP contribution in [0.5, 0.6) is 0 Å². The highest BCUT2D eigenvalue weighted by molar-refractivity contribution is 9.10. The lowest BCUT2D eigenvalue weighted by Crippen LogP contribution is -2.04. The van der Waals surface area contributed by atoms with E-state index in [-0.39, 0.29) is 11.4 Å². The van der Waals surface area contributed by atoms with Gasteiger partial charge in [-0.2, -0.15) is 0 Å². The molecule has 2 aromatic rings. The molecule has 0 saturated carbocycles. The van der Waals surface area contributed by atoms with Crippen molar-refractivity contribution in [1.29, 1.82) is 0 Å². The van der Waals surface area contributed by atoms with Crippen molar-refractivity contribution >= 4 is 26.8 Å². The van der Waals surface area contributed by atoms with Gasteiger partial charge in [-0.25, -0.2) is 4.39 Å². The topological polar surface area (TPSA) is 32.9 Å². The van der Waals surface area contributed by atoms with Crippen LogP contribution >= 0.6 is 15.9 Å². The Kier molecular flexibility index (Phi) is 2.15. The maximum absolute atomic E-state index is 13.4. The number of hydrogen-bond donors (Lipinski definition) is 1. The predicted octanol–water partition coefficient (Wildman–Crippen LogP) is 2.74. The number of rotatable bonds is 0. The second-order valence-corrected chi connectivity index (χ2v) is 3.89. The molecule has 1 heterocycles. The first-order chi connectivity index (χ1) is 6.59. The van der Waals surface area contributed by atoms with E-state index in [4.69, 9.17) is 0 Å². The Morgan fingerprint density at radius 1 is 1.43 bits per heavy atom. The van der Waals surface area contributed by atoms with Gasteiger partial charge in [-0.1, -0.05) is 0 Å². The van der Waals surface area contributed by atoms with Crippen LogP contribution in [0.4, 0.5) is 4.39 Å². The highest BCUT2D eigenvalue weighted by atomic mass is 79.9. The monoisotopic (exact) mass is 255 g/mol. The van der Waals surface area contributed by atoms with Crippen LogP contribution in [0.1, 0.15) is 5.56 Å². The van der Waals surface area contributed by atoms with Crippen molar-refractivity contribution in [2.45, 2.75) is 6.92 Å². The molecular formula is C10H7BrFNO. The van der Waals surface area contributed by atoms with E-state index in [0.717, 1.165) is 10.0 Å². The summed E-state index contributed by atoms with van der Waals surface area (Å²) in [7, 11) is 0. The highest BCUT2D eigenvalue weighted by Gasteiger charge is 2.07. The Hall–Kier alpha value is -1.16. The van der Waals surface area contributed by atoms with E-state index >= 15 is 0 Å². The Morgan fingerprint density at radius 3 is 2.86 bits per heavy atom. The number of aromatic amines is 1. The van der Waals surface area contributed by atoms with E-state index in [1.54, 1.807) is 6.92 Å². The molecular weight excluding hydrogens is 249 g/mol. The normalized spacial score (nSPS) is 10.8. The van der Waals surface area contributed by atoms with Crippen molar-refractivity contribution in [1.82, 2.24) is 4.98 Å². The van der Waals surface area contributed by atoms with E-state index < -0.39 is 0 Å². The number of aryl methyl sites for hydroxylation is 1. The van der Waals surface area contributed by atoms with Gasteiger partial charge in [0.05, 0.1) is 5.52 Å². The molecule has 0 atom stereocenters. The van der Waals surface area contributed by atoms with E-state index in [1.807, 2.05) is 0 Å². The molecule has 0 fully saturated rings. The van der Waals surface area contributed by atoms with Crippen molar-refractivity contribution < 1.29 is 4.39 Å². The van der Waals surface area contributed by atoms with Gasteiger partial charge in [0.15, 0.2) is 0 Å². The van der Waals surface area contributed by atoms with Crippen LogP contribution < -0.4 is 5.56 Å². The zero-order chi connectivity index (χ0) is 10.3. The summed E-state index contributed by atoms with van der Waals surface area (Å²) in [5.74, 6) is -0.322. The molecule has 0 spiro atoms. The molecule has 0 amide bonds. The van der Waals surface area contributed by atoms with Crippen LogP contribution in [-0.2, 0) is 0 Å². The molecule has 0 aliphatic heterocycles. The fourth-order valence-corrected chi connectivity index (χ4v) is 1.80. The van der Waals surface area contributed by atoms with Gasteiger partial charge in [-0.3, -0.25) is 4.79 Å². The molecule has 14 heavy (non-hydrogen) atoms. The summed E-state index contributed by atoms with van der Waals surface area (Å²) >= 11 is 3.31. The molecule has 2 rings (SSSR count). The molecule has 1 aromatic carbocycles. The van der Waals surface area contributed by atoms with Gasteiger partial charge in [-0.15, -0.1) is 0 Å². The maximum atomic E-state index is 13.4. The number of nitrogens with one attached hydrogen (secondary N) is 1. The van der Waals surface area contributed by atoms with Gasteiger partial charge in [0, 0.05) is 15.9 Å². The Labute approximate surface area is 87.9 Å². The molecule has 4 heteroatoms. The summed E-state index contributed by atoms with van der Waals surface area (Å²) in [5, 5.41) is 0.419. The smallest absolute Gasteiger partial charge is 0.248 e. The van der Waals surface area contributed by atoms with E-state index in [1.165, 1.54) is 18.2 Å². The SMILES string of the molecule is Cc1cc(F)c2ccc(=O)[nH]c2c1Br. The van der Waals surface area contributed by atoms with Gasteiger partial charge >= 0.3 is 0 Å². The lowest BCUT2D eigenvalue weighted by molar-refractivity contribution is 0.638. The minimum Gasteiger partial charge on any atom is -0.321 e. The van der Waals surface area contributed by atoms with Crippen molar-refractivity contribution in [3.63, 3.8) is 0 Å². The van der Waals surface area contributed by atoms with Crippen LogP contribution in [0.3, 0.4) is 0 Å². The highest BCUT2D eigenvalue weighted by Crippen LogP contribution is 2.26. The third-order valence-electron chi connectivity index (χ3n) is 2.09. The van der Waals surface area contributed by atoms with Crippen molar-refractivity contribution in [3.8, 4) is 0 Å². The fraction of sp³-hybridized carbons (Fsp3) is 0.100. The number of pyridine rings is 1. The Bertz CT molecular complexity index is 562. The summed E-state index contributed by atoms with van der Waals surface area (Å²) in [6.45, 7) is 1.78. The molecule has 0 radical (unpaired) electrons. The lowest BCUT2D eigenvalue weighted by Gasteiger charge is -2.04. The zero-order valence-corrected chi connectivity index (χ0v) is 8.98. The molecule has 1 N–H and O–H groups in total. The molecule has 0 unspecified atom stereocenters. The number of fused-ring (bicyclic) bond motifs is 1. The first-order valence-electron chi connectivity index (χ1n) is 4.07. The first kappa shape index (κ1) is 9.40. The largest absolute Gasteiger partial charge is 0.321 e. The summed E-state index contributed by atoms with van der Waals surface area (Å²) < 4.78 is 14.1. The quantitative estimate of drug-likeness (QED) is 0.772. The average molecular weight is 256 g/mol. The maximum Gasteiger partial charge on any atom is 0.248 e. The molecule has 0 aliphatic carbocycles. The average Bonchev–Trinajstić information content (AvgIpc) is 2.14. The van der Waals surface area contributed by atoms with Crippen LogP contribution in [0.15, 0.2) is 27.5 Å². The summed E-state index contributed by atoms with van der Waals surface area (Å²) in [6, 6.07) is 4.23. The van der Waals surface area contributed by atoms with Gasteiger partial charge in [-0.05, 0) is 40.5 Å². The summed E-state index contributed by atoms with van der Waals surface area (Å²) in [6.07, 6.45) is 0. The Morgan fingerprint density at radius 2 is 2.14 bits per heavy atom. The number of aromatic nitrogens is 1. The first-order valence-corrected chi connectivity index (χ1v) is 4.86. The molecule has 1 aromatic heterocycles. The summed E-state index contributed by atoms with van der Waals surface area (Å²) in [5.41, 5.74) is 1.04. The van der Waals surface area contributed by atoms with Crippen LogP contribution in [0.2, 0.25) is 0 Å². The van der Waals surface area contributed by atoms with Gasteiger partial charge in [0.2, 0.25) is 5.56 Å². The minimum atomic E-state index is -0.322. The van der Waals surface area contributed by atoms with E-state index in [2.05, 4.69) is 20.9 Å². The van der Waals surface area contributed by atoms with Gasteiger partial charge in [0.25, 0.3) is 0 Å². The Balaban J connectivity index is 3.02. The van der Waals surface area contributed by atoms with Crippen molar-refractivity contribution in [2.24, 2.45) is 0 Å². The number of H-pyrrole nitrogens is 1. The van der Waals surface area contributed by atoms with Crippen LogP contribution in [0.25, 0.3) is 10.9 Å². The number of benzene rings is 1. The third kappa shape index (κ3) is 1.35. The number of halogens is 2. The van der Waals surface area contributed by atoms with Gasteiger partial charge in [0.1, 0.15) is 5.82 Å². The second kappa shape index (κ2) is 3.20. The minimum absolute atomic E-state index is 0.233.